The Morgan fingerprint density at radius 3 is 2.38 bits per heavy atom. The number of amides is 1. The predicted octanol–water partition coefficient (Wildman–Crippen LogP) is 2.77. The van der Waals surface area contributed by atoms with E-state index in [-0.39, 0.29) is 10.8 Å². The Kier molecular flexibility index (Phi) is 8.25. The summed E-state index contributed by atoms with van der Waals surface area (Å²) in [5, 5.41) is 2.92. The SMILES string of the molecule is O=C(CCCCCNS(=O)(=O)c1ccc2c(c1)OCCO2)Nc1ccc(N2CCOCC2)cc1. The van der Waals surface area contributed by atoms with Gasteiger partial charge in [0.15, 0.2) is 11.5 Å². The average Bonchev–Trinajstić information content (AvgIpc) is 2.87. The standard InChI is InChI=1S/C24H31N3O6S/c28-24(26-19-5-7-20(8-6-19)27-12-14-31-15-13-27)4-2-1-3-11-25-34(29,30)21-9-10-22-23(18-21)33-17-16-32-22/h5-10,18,25H,1-4,11-17H2,(H,26,28). The van der Waals surface area contributed by atoms with Crippen LogP contribution < -0.4 is 24.4 Å². The van der Waals surface area contributed by atoms with Gasteiger partial charge in [-0.2, -0.15) is 0 Å². The molecule has 9 nitrogen and oxygen atoms in total. The Balaban J connectivity index is 1.13. The summed E-state index contributed by atoms with van der Waals surface area (Å²) in [4.78, 5) is 14.6. The first-order chi connectivity index (χ1) is 16.5. The molecule has 2 aliphatic rings. The van der Waals surface area contributed by atoms with Crippen LogP contribution in [0.15, 0.2) is 47.4 Å². The van der Waals surface area contributed by atoms with E-state index in [9.17, 15) is 13.2 Å². The number of carbonyl (C=O) groups excluding carboxylic acids is 1. The Morgan fingerprint density at radius 2 is 1.62 bits per heavy atom. The molecule has 0 aromatic heterocycles. The third-order valence-corrected chi connectivity index (χ3v) is 7.18. The van der Waals surface area contributed by atoms with Crippen LogP contribution in [0.25, 0.3) is 0 Å². The normalized spacial score (nSPS) is 15.7. The minimum atomic E-state index is -3.63. The molecule has 1 saturated heterocycles. The van der Waals surface area contributed by atoms with Crippen molar-refractivity contribution < 1.29 is 27.4 Å². The number of hydrogen-bond acceptors (Lipinski definition) is 7. The molecule has 2 aromatic carbocycles. The third kappa shape index (κ3) is 6.62. The van der Waals surface area contributed by atoms with Crippen LogP contribution in [-0.2, 0) is 19.6 Å². The lowest BCUT2D eigenvalue weighted by atomic mass is 10.2. The average molecular weight is 490 g/mol. The number of sulfonamides is 1. The van der Waals surface area contributed by atoms with Crippen molar-refractivity contribution in [1.29, 1.82) is 0 Å². The van der Waals surface area contributed by atoms with Gasteiger partial charge in [0.2, 0.25) is 15.9 Å². The maximum atomic E-state index is 12.5. The van der Waals surface area contributed by atoms with Gasteiger partial charge in [-0.3, -0.25) is 4.79 Å². The van der Waals surface area contributed by atoms with Crippen LogP contribution in [0.2, 0.25) is 0 Å². The van der Waals surface area contributed by atoms with Crippen LogP contribution >= 0.6 is 0 Å². The fourth-order valence-corrected chi connectivity index (χ4v) is 4.96. The smallest absolute Gasteiger partial charge is 0.240 e. The van der Waals surface area contributed by atoms with Gasteiger partial charge in [0.25, 0.3) is 0 Å². The Bertz CT molecular complexity index is 1070. The van der Waals surface area contributed by atoms with Crippen molar-refractivity contribution in [3.05, 3.63) is 42.5 Å². The second-order valence-corrected chi connectivity index (χ2v) is 9.98. The number of fused-ring (bicyclic) bond motifs is 1. The number of hydrogen-bond donors (Lipinski definition) is 2. The van der Waals surface area contributed by atoms with E-state index in [4.69, 9.17) is 14.2 Å². The third-order valence-electron chi connectivity index (χ3n) is 5.72. The van der Waals surface area contributed by atoms with Crippen molar-refractivity contribution in [2.45, 2.75) is 30.6 Å². The second kappa shape index (κ2) is 11.5. The summed E-state index contributed by atoms with van der Waals surface area (Å²) in [6.07, 6.45) is 2.46. The molecule has 2 aliphatic heterocycles. The molecule has 4 rings (SSSR count). The summed E-state index contributed by atoms with van der Waals surface area (Å²) in [6.45, 7) is 4.38. The largest absolute Gasteiger partial charge is 0.486 e. The van der Waals surface area contributed by atoms with E-state index in [0.717, 1.165) is 44.1 Å². The molecule has 2 N–H and O–H groups in total. The highest BCUT2D eigenvalue weighted by Gasteiger charge is 2.19. The molecule has 0 atom stereocenters. The van der Waals surface area contributed by atoms with E-state index in [1.54, 1.807) is 6.07 Å². The fraction of sp³-hybridized carbons (Fsp3) is 0.458. The van der Waals surface area contributed by atoms with Gasteiger partial charge >= 0.3 is 0 Å². The first-order valence-corrected chi connectivity index (χ1v) is 13.1. The van der Waals surface area contributed by atoms with Gasteiger partial charge in [-0.25, -0.2) is 13.1 Å². The number of morpholine rings is 1. The first-order valence-electron chi connectivity index (χ1n) is 11.6. The van der Waals surface area contributed by atoms with E-state index in [0.29, 0.717) is 50.5 Å². The lowest BCUT2D eigenvalue weighted by Crippen LogP contribution is -2.36. The molecule has 34 heavy (non-hydrogen) atoms. The van der Waals surface area contributed by atoms with E-state index in [1.165, 1.54) is 12.1 Å². The number of nitrogens with one attached hydrogen (secondary N) is 2. The molecular weight excluding hydrogens is 458 g/mol. The number of carbonyl (C=O) groups is 1. The van der Waals surface area contributed by atoms with Gasteiger partial charge in [0.05, 0.1) is 18.1 Å². The molecule has 1 fully saturated rings. The highest BCUT2D eigenvalue weighted by molar-refractivity contribution is 7.89. The summed E-state index contributed by atoms with van der Waals surface area (Å²) in [5.74, 6) is 0.948. The molecule has 0 saturated carbocycles. The number of ether oxygens (including phenoxy) is 3. The van der Waals surface area contributed by atoms with E-state index >= 15 is 0 Å². The molecule has 0 aliphatic carbocycles. The van der Waals surface area contributed by atoms with E-state index < -0.39 is 10.0 Å². The fourth-order valence-electron chi connectivity index (χ4n) is 3.87. The Morgan fingerprint density at radius 1 is 0.882 bits per heavy atom. The van der Waals surface area contributed by atoms with Gasteiger partial charge in [-0.15, -0.1) is 0 Å². The van der Waals surface area contributed by atoms with Gasteiger partial charge in [0.1, 0.15) is 13.2 Å². The van der Waals surface area contributed by atoms with Crippen LogP contribution in [0.1, 0.15) is 25.7 Å². The molecular formula is C24H31N3O6S. The van der Waals surface area contributed by atoms with Gasteiger partial charge in [-0.1, -0.05) is 6.42 Å². The maximum absolute atomic E-state index is 12.5. The van der Waals surface area contributed by atoms with Gasteiger partial charge in [0, 0.05) is 43.5 Å². The summed E-state index contributed by atoms with van der Waals surface area (Å²) in [7, 11) is -3.63. The number of rotatable bonds is 10. The van der Waals surface area contributed by atoms with Crippen LogP contribution in [0.3, 0.4) is 0 Å². The highest BCUT2D eigenvalue weighted by Crippen LogP contribution is 2.32. The molecule has 0 unspecified atom stereocenters. The van der Waals surface area contributed by atoms with Crippen LogP contribution in [0.5, 0.6) is 11.5 Å². The van der Waals surface area contributed by atoms with Crippen molar-refractivity contribution >= 4 is 27.3 Å². The zero-order chi connectivity index (χ0) is 23.8. The van der Waals surface area contributed by atoms with Crippen LogP contribution in [-0.4, -0.2) is 60.4 Å². The van der Waals surface area contributed by atoms with Crippen molar-refractivity contribution in [1.82, 2.24) is 4.72 Å². The lowest BCUT2D eigenvalue weighted by Gasteiger charge is -2.28. The molecule has 2 heterocycles. The summed E-state index contributed by atoms with van der Waals surface area (Å²) >= 11 is 0. The second-order valence-electron chi connectivity index (χ2n) is 8.21. The molecule has 2 aromatic rings. The summed E-state index contributed by atoms with van der Waals surface area (Å²) < 4.78 is 43.9. The minimum absolute atomic E-state index is 0.0454. The first kappa shape index (κ1) is 24.3. The molecule has 0 spiro atoms. The number of benzene rings is 2. The predicted molar refractivity (Wildman–Crippen MR) is 129 cm³/mol. The lowest BCUT2D eigenvalue weighted by molar-refractivity contribution is -0.116. The summed E-state index contributed by atoms with van der Waals surface area (Å²) in [5.41, 5.74) is 1.90. The molecule has 0 radical (unpaired) electrons. The maximum Gasteiger partial charge on any atom is 0.240 e. The zero-order valence-electron chi connectivity index (χ0n) is 19.1. The van der Waals surface area contributed by atoms with Crippen molar-refractivity contribution in [2.24, 2.45) is 0 Å². The highest BCUT2D eigenvalue weighted by atomic mass is 32.2. The number of anilines is 2. The van der Waals surface area contributed by atoms with E-state index in [1.807, 2.05) is 24.3 Å². The number of nitrogens with zero attached hydrogens (tertiary/aromatic N) is 1. The number of unbranched alkanes of at least 4 members (excludes halogenated alkanes) is 2. The summed E-state index contributed by atoms with van der Waals surface area (Å²) in [6, 6.07) is 12.4. The molecule has 184 valence electrons. The Labute approximate surface area is 200 Å². The molecule has 1 amide bonds. The molecule has 10 heteroatoms. The van der Waals surface area contributed by atoms with Crippen molar-refractivity contribution in [3.8, 4) is 11.5 Å². The Hall–Kier alpha value is -2.82. The van der Waals surface area contributed by atoms with Crippen LogP contribution in [0.4, 0.5) is 11.4 Å². The quantitative estimate of drug-likeness (QED) is 0.494. The van der Waals surface area contributed by atoms with E-state index in [2.05, 4.69) is 14.9 Å². The van der Waals surface area contributed by atoms with Crippen molar-refractivity contribution in [3.63, 3.8) is 0 Å². The monoisotopic (exact) mass is 489 g/mol. The van der Waals surface area contributed by atoms with Crippen LogP contribution in [0, 0.1) is 0 Å². The van der Waals surface area contributed by atoms with Gasteiger partial charge in [-0.05, 0) is 49.2 Å². The van der Waals surface area contributed by atoms with Gasteiger partial charge < -0.3 is 24.4 Å². The minimum Gasteiger partial charge on any atom is -0.486 e. The topological polar surface area (TPSA) is 106 Å². The van der Waals surface area contributed by atoms with Crippen molar-refractivity contribution in [2.75, 3.05) is 56.3 Å². The zero-order valence-corrected chi connectivity index (χ0v) is 19.9. The molecule has 0 bridgehead atoms.